The highest BCUT2D eigenvalue weighted by Crippen LogP contribution is 2.45. The van der Waals surface area contributed by atoms with Gasteiger partial charge in [0.1, 0.15) is 0 Å². The largest absolute Gasteiger partial charge is 0.397 e. The van der Waals surface area contributed by atoms with Crippen LogP contribution in [0.15, 0.2) is 0 Å². The Kier molecular flexibility index (Phi) is 2.53. The van der Waals surface area contributed by atoms with Crippen LogP contribution < -0.4 is 0 Å². The highest BCUT2D eigenvalue weighted by Gasteiger charge is 2.40. The fourth-order valence-electron chi connectivity index (χ4n) is 2.59. The Hall–Kier alpha value is 0.137. The third-order valence-electron chi connectivity index (χ3n) is 3.28. The molecule has 0 aromatic carbocycles. The van der Waals surface area contributed by atoms with Crippen molar-refractivity contribution in [3.05, 3.63) is 0 Å². The summed E-state index contributed by atoms with van der Waals surface area (Å²) in [7, 11) is 0.818. The molecule has 2 fully saturated rings. The Balaban J connectivity index is 1.82. The van der Waals surface area contributed by atoms with E-state index in [1.165, 1.54) is 25.7 Å². The smallest absolute Gasteiger partial charge is 0.381 e. The van der Waals surface area contributed by atoms with Gasteiger partial charge < -0.3 is 8.85 Å². The van der Waals surface area contributed by atoms with Crippen LogP contribution in [0, 0.1) is 11.8 Å². The zero-order valence-electron chi connectivity index (χ0n) is 7.88. The SMILES string of the molecule is CO[Si](C)OC1CC2CCC1C2. The van der Waals surface area contributed by atoms with E-state index in [1.54, 1.807) is 7.11 Å². The van der Waals surface area contributed by atoms with E-state index in [4.69, 9.17) is 8.85 Å². The van der Waals surface area contributed by atoms with Crippen molar-refractivity contribution in [1.29, 1.82) is 0 Å². The molecule has 0 aromatic heterocycles. The molecule has 12 heavy (non-hydrogen) atoms. The van der Waals surface area contributed by atoms with Crippen molar-refractivity contribution in [2.75, 3.05) is 7.11 Å². The molecule has 3 heteroatoms. The van der Waals surface area contributed by atoms with Crippen LogP contribution in [-0.2, 0) is 8.85 Å². The predicted molar refractivity (Wildman–Crippen MR) is 48.9 cm³/mol. The summed E-state index contributed by atoms with van der Waals surface area (Å²) in [5.74, 6) is 1.84. The van der Waals surface area contributed by atoms with Crippen LogP contribution in [0.3, 0.4) is 0 Å². The molecule has 2 aliphatic carbocycles. The highest BCUT2D eigenvalue weighted by atomic mass is 28.3. The summed E-state index contributed by atoms with van der Waals surface area (Å²) in [6.45, 7) is 2.08. The molecular formula is C9H17O2Si. The van der Waals surface area contributed by atoms with Gasteiger partial charge in [-0.1, -0.05) is 0 Å². The van der Waals surface area contributed by atoms with Crippen molar-refractivity contribution >= 4 is 9.28 Å². The van der Waals surface area contributed by atoms with Crippen LogP contribution in [-0.4, -0.2) is 22.5 Å². The fraction of sp³-hybridized carbons (Fsp3) is 1.00. The van der Waals surface area contributed by atoms with Gasteiger partial charge in [0, 0.05) is 7.11 Å². The Morgan fingerprint density at radius 3 is 2.58 bits per heavy atom. The second kappa shape index (κ2) is 3.48. The van der Waals surface area contributed by atoms with Crippen LogP contribution >= 0.6 is 0 Å². The van der Waals surface area contributed by atoms with E-state index >= 15 is 0 Å². The molecule has 2 rings (SSSR count). The quantitative estimate of drug-likeness (QED) is 0.626. The lowest BCUT2D eigenvalue weighted by atomic mass is 9.98. The Labute approximate surface area is 76.1 Å². The fourth-order valence-corrected chi connectivity index (χ4v) is 3.40. The number of hydrogen-bond acceptors (Lipinski definition) is 2. The number of fused-ring (bicyclic) bond motifs is 2. The van der Waals surface area contributed by atoms with Crippen LogP contribution in [0.25, 0.3) is 0 Å². The van der Waals surface area contributed by atoms with Gasteiger partial charge in [-0.15, -0.1) is 0 Å². The molecule has 0 aliphatic heterocycles. The van der Waals surface area contributed by atoms with E-state index in [0.29, 0.717) is 6.10 Å². The van der Waals surface area contributed by atoms with Gasteiger partial charge in [0.15, 0.2) is 0 Å². The molecule has 1 radical (unpaired) electrons. The van der Waals surface area contributed by atoms with Gasteiger partial charge in [0.05, 0.1) is 6.10 Å². The third kappa shape index (κ3) is 1.58. The van der Waals surface area contributed by atoms with Gasteiger partial charge in [-0.3, -0.25) is 0 Å². The predicted octanol–water partition coefficient (Wildman–Crippen LogP) is 1.96. The van der Waals surface area contributed by atoms with E-state index in [1.807, 2.05) is 0 Å². The van der Waals surface area contributed by atoms with Gasteiger partial charge in [-0.05, 0) is 44.1 Å². The Morgan fingerprint density at radius 2 is 2.08 bits per heavy atom. The first-order valence-corrected chi connectivity index (χ1v) is 6.65. The van der Waals surface area contributed by atoms with Crippen LogP contribution in [0.2, 0.25) is 6.55 Å². The molecule has 0 saturated heterocycles. The second-order valence-electron chi connectivity index (χ2n) is 4.03. The van der Waals surface area contributed by atoms with E-state index < -0.39 is 9.28 Å². The van der Waals surface area contributed by atoms with Crippen molar-refractivity contribution in [2.24, 2.45) is 11.8 Å². The second-order valence-corrected chi connectivity index (χ2v) is 5.65. The van der Waals surface area contributed by atoms with Crippen molar-refractivity contribution < 1.29 is 8.85 Å². The summed E-state index contributed by atoms with van der Waals surface area (Å²) in [6, 6.07) is 0. The first-order valence-electron chi connectivity index (χ1n) is 4.84. The topological polar surface area (TPSA) is 18.5 Å². The van der Waals surface area contributed by atoms with E-state index in [9.17, 15) is 0 Å². The average Bonchev–Trinajstić information content (AvgIpc) is 2.64. The van der Waals surface area contributed by atoms with E-state index in [-0.39, 0.29) is 0 Å². The summed E-state index contributed by atoms with van der Waals surface area (Å²) in [4.78, 5) is 0. The van der Waals surface area contributed by atoms with Crippen molar-refractivity contribution in [3.63, 3.8) is 0 Å². The first kappa shape index (κ1) is 8.72. The lowest BCUT2D eigenvalue weighted by Gasteiger charge is -2.23. The molecule has 2 nitrogen and oxygen atoms in total. The minimum Gasteiger partial charge on any atom is -0.397 e. The van der Waals surface area contributed by atoms with Crippen LogP contribution in [0.5, 0.6) is 0 Å². The number of hydrogen-bond donors (Lipinski definition) is 0. The van der Waals surface area contributed by atoms with Crippen LogP contribution in [0.1, 0.15) is 25.7 Å². The maximum absolute atomic E-state index is 5.87. The van der Waals surface area contributed by atoms with E-state index in [0.717, 1.165) is 11.8 Å². The van der Waals surface area contributed by atoms with Crippen molar-refractivity contribution in [1.82, 2.24) is 0 Å². The average molecular weight is 185 g/mol. The third-order valence-corrected chi connectivity index (χ3v) is 4.49. The molecule has 2 saturated carbocycles. The molecule has 0 N–H and O–H groups in total. The van der Waals surface area contributed by atoms with Crippen LogP contribution in [0.4, 0.5) is 0 Å². The zero-order chi connectivity index (χ0) is 8.55. The molecule has 0 aromatic rings. The minimum atomic E-state index is -0.934. The molecule has 3 unspecified atom stereocenters. The lowest BCUT2D eigenvalue weighted by molar-refractivity contribution is 0.106. The maximum Gasteiger partial charge on any atom is 0.381 e. The minimum absolute atomic E-state index is 0.544. The molecule has 2 aliphatic rings. The van der Waals surface area contributed by atoms with Gasteiger partial charge in [0.2, 0.25) is 0 Å². The molecular weight excluding hydrogens is 168 g/mol. The molecule has 0 spiro atoms. The summed E-state index contributed by atoms with van der Waals surface area (Å²) in [6.07, 6.45) is 6.11. The molecule has 3 atom stereocenters. The standard InChI is InChI=1S/C9H17O2Si/c1-10-12(2)11-9-6-7-3-4-8(9)5-7/h7-9H,3-6H2,1-2H3. The van der Waals surface area contributed by atoms with Gasteiger partial charge in [-0.2, -0.15) is 0 Å². The van der Waals surface area contributed by atoms with Crippen molar-refractivity contribution in [3.8, 4) is 0 Å². The number of rotatable bonds is 3. The van der Waals surface area contributed by atoms with Gasteiger partial charge in [-0.25, -0.2) is 0 Å². The summed E-state index contributed by atoms with van der Waals surface area (Å²) in [5.41, 5.74) is 0. The monoisotopic (exact) mass is 185 g/mol. The van der Waals surface area contributed by atoms with Gasteiger partial charge >= 0.3 is 9.28 Å². The van der Waals surface area contributed by atoms with Gasteiger partial charge in [0.25, 0.3) is 0 Å². The van der Waals surface area contributed by atoms with Crippen molar-refractivity contribution in [2.45, 2.75) is 38.3 Å². The zero-order valence-corrected chi connectivity index (χ0v) is 8.88. The Bertz CT molecular complexity index is 163. The lowest BCUT2D eigenvalue weighted by Crippen LogP contribution is -2.29. The first-order chi connectivity index (χ1) is 5.79. The summed E-state index contributed by atoms with van der Waals surface area (Å²) in [5, 5.41) is 0. The molecule has 69 valence electrons. The van der Waals surface area contributed by atoms with E-state index in [2.05, 4.69) is 6.55 Å². The Morgan fingerprint density at radius 1 is 1.25 bits per heavy atom. The molecule has 2 bridgehead atoms. The summed E-state index contributed by atoms with van der Waals surface area (Å²) < 4.78 is 11.1. The molecule has 0 amide bonds. The highest BCUT2D eigenvalue weighted by molar-refractivity contribution is 6.42. The maximum atomic E-state index is 5.87. The molecule has 0 heterocycles. The summed E-state index contributed by atoms with van der Waals surface area (Å²) >= 11 is 0. The normalized spacial score (nSPS) is 39.8.